The van der Waals surface area contributed by atoms with Crippen LogP contribution in [-0.4, -0.2) is 83.1 Å². The molecule has 0 spiro atoms. The third-order valence-corrected chi connectivity index (χ3v) is 13.4. The number of carbonyl (C=O) groups is 1. The van der Waals surface area contributed by atoms with Crippen molar-refractivity contribution in [2.24, 2.45) is 0 Å². The lowest BCUT2D eigenvalue weighted by Gasteiger charge is -2.38. The Kier molecular flexibility index (Phi) is 15.7. The van der Waals surface area contributed by atoms with Crippen LogP contribution in [0.2, 0.25) is 51.4 Å². The highest BCUT2D eigenvalue weighted by Crippen LogP contribution is 2.33. The van der Waals surface area contributed by atoms with Gasteiger partial charge in [0.05, 0.1) is 12.1 Å². The largest absolute Gasteiger partial charge is 0.356 e. The van der Waals surface area contributed by atoms with E-state index in [9.17, 15) is 0 Å². The molecule has 1 heterocycles. The lowest BCUT2D eigenvalue weighted by atomic mass is 9.90. The number of ether oxygens (including phenoxy) is 4. The molecule has 54 heavy (non-hydrogen) atoms. The fraction of sp³-hybridized carbons (Fsp3) is 0.444. The monoisotopic (exact) mass is 766 g/mol. The van der Waals surface area contributed by atoms with Crippen molar-refractivity contribution in [2.45, 2.75) is 102 Å². The summed E-state index contributed by atoms with van der Waals surface area (Å²) >= 11 is 0. The van der Waals surface area contributed by atoms with Gasteiger partial charge in [0, 0.05) is 42.5 Å². The van der Waals surface area contributed by atoms with Gasteiger partial charge in [-0.15, -0.1) is 0 Å². The van der Waals surface area contributed by atoms with Gasteiger partial charge in [-0.05, 0) is 47.2 Å². The molecule has 9 heteroatoms. The van der Waals surface area contributed by atoms with Crippen LogP contribution in [-0.2, 0) is 44.9 Å². The van der Waals surface area contributed by atoms with Gasteiger partial charge in [-0.25, -0.2) is 4.79 Å². The molecule has 0 radical (unpaired) electrons. The fourth-order valence-corrected chi connectivity index (χ4v) is 8.39. The maximum Gasteiger partial charge on any atom is 0.321 e. The van der Waals surface area contributed by atoms with Crippen LogP contribution < -0.4 is 0 Å². The van der Waals surface area contributed by atoms with E-state index in [0.717, 1.165) is 34.3 Å². The van der Waals surface area contributed by atoms with Crippen molar-refractivity contribution in [3.8, 4) is 0 Å². The van der Waals surface area contributed by atoms with Crippen LogP contribution >= 0.6 is 0 Å². The number of amides is 2. The van der Waals surface area contributed by atoms with E-state index in [1.165, 1.54) is 0 Å². The molecule has 4 aromatic rings. The Hall–Kier alpha value is -3.58. The Morgan fingerprint density at radius 3 is 1.11 bits per heavy atom. The quantitative estimate of drug-likeness (QED) is 0.0510. The van der Waals surface area contributed by atoms with Gasteiger partial charge in [0.15, 0.2) is 0 Å². The van der Waals surface area contributed by atoms with Crippen molar-refractivity contribution in [3.05, 3.63) is 144 Å². The summed E-state index contributed by atoms with van der Waals surface area (Å²) in [7, 11) is -2.63. The molecule has 4 atom stereocenters. The third kappa shape index (κ3) is 13.3. The molecule has 0 unspecified atom stereocenters. The van der Waals surface area contributed by atoms with E-state index in [2.05, 4.69) is 112 Å². The summed E-state index contributed by atoms with van der Waals surface area (Å²) in [6, 6.07) is 42.7. The van der Waals surface area contributed by atoms with Crippen molar-refractivity contribution in [1.29, 1.82) is 0 Å². The topological polar surface area (TPSA) is 60.5 Å². The standard InChI is InChI=1S/C45H62N2O5Si2/c1-53(2,3)29-27-49-35-51-43-41(31-37-19-11-7-12-20-37)46(33-39-23-15-9-16-24-39)45(48)47(34-40-25-17-10-18-26-40)42(32-38-21-13-8-14-22-38)44(43)52-36-50-28-30-54(4,5)6/h7-26,41-44H,27-36H2,1-6H3/t41-,42-,43+,44+/m1/s1. The van der Waals surface area contributed by atoms with Crippen LogP contribution in [0.5, 0.6) is 0 Å². The molecule has 0 N–H and O–H groups in total. The molecule has 0 aliphatic carbocycles. The summed E-state index contributed by atoms with van der Waals surface area (Å²) in [5, 5.41) is 0. The van der Waals surface area contributed by atoms with Gasteiger partial charge in [-0.2, -0.15) is 0 Å². The second-order valence-corrected chi connectivity index (χ2v) is 28.2. The normalized spacial score (nSPS) is 19.6. The highest BCUT2D eigenvalue weighted by Gasteiger charge is 2.49. The highest BCUT2D eigenvalue weighted by atomic mass is 28.3. The second kappa shape index (κ2) is 20.4. The van der Waals surface area contributed by atoms with Crippen molar-refractivity contribution >= 4 is 22.2 Å². The minimum Gasteiger partial charge on any atom is -0.356 e. The Morgan fingerprint density at radius 2 is 0.796 bits per heavy atom. The second-order valence-electron chi connectivity index (χ2n) is 17.0. The Balaban J connectivity index is 1.62. The first-order valence-corrected chi connectivity index (χ1v) is 27.0. The molecule has 1 saturated heterocycles. The SMILES string of the molecule is C[Si](C)(C)CCOCO[C@@H]1[C@@H](OCOCC[Si](C)(C)C)[C@@H](Cc2ccccc2)N(Cc2ccccc2)C(=O)N(Cc2ccccc2)[C@@H]1Cc1ccccc1. The molecular formula is C45H62N2O5Si2. The Morgan fingerprint density at radius 1 is 0.481 bits per heavy atom. The highest BCUT2D eigenvalue weighted by molar-refractivity contribution is 6.76. The van der Waals surface area contributed by atoms with Gasteiger partial charge < -0.3 is 28.7 Å². The number of benzene rings is 4. The molecule has 1 aliphatic rings. The van der Waals surface area contributed by atoms with E-state index >= 15 is 4.79 Å². The molecule has 5 rings (SSSR count). The predicted molar refractivity (Wildman–Crippen MR) is 225 cm³/mol. The Labute approximate surface area is 326 Å². The predicted octanol–water partition coefficient (Wildman–Crippen LogP) is 9.74. The van der Waals surface area contributed by atoms with Crippen molar-refractivity contribution in [1.82, 2.24) is 9.80 Å². The van der Waals surface area contributed by atoms with Crippen LogP contribution in [0.4, 0.5) is 4.79 Å². The molecule has 4 aromatic carbocycles. The molecule has 290 valence electrons. The van der Waals surface area contributed by atoms with Gasteiger partial charge in [-0.1, -0.05) is 161 Å². The average molecular weight is 767 g/mol. The van der Waals surface area contributed by atoms with Crippen molar-refractivity contribution in [3.63, 3.8) is 0 Å². The van der Waals surface area contributed by atoms with Gasteiger partial charge >= 0.3 is 6.03 Å². The minimum atomic E-state index is -1.31. The van der Waals surface area contributed by atoms with E-state index < -0.39 is 28.4 Å². The molecule has 1 fully saturated rings. The summed E-state index contributed by atoms with van der Waals surface area (Å²) in [5.41, 5.74) is 4.37. The molecule has 2 amide bonds. The minimum absolute atomic E-state index is 0.0384. The summed E-state index contributed by atoms with van der Waals surface area (Å²) in [6.07, 6.45) is 0.124. The number of carbonyl (C=O) groups excluding carboxylic acids is 1. The lowest BCUT2D eigenvalue weighted by molar-refractivity contribution is -0.188. The first-order valence-electron chi connectivity index (χ1n) is 19.6. The van der Waals surface area contributed by atoms with Crippen LogP contribution in [0.15, 0.2) is 121 Å². The van der Waals surface area contributed by atoms with Gasteiger partial charge in [0.2, 0.25) is 0 Å². The maximum atomic E-state index is 15.5. The van der Waals surface area contributed by atoms with E-state index in [-0.39, 0.29) is 31.7 Å². The number of urea groups is 1. The van der Waals surface area contributed by atoms with E-state index in [1.54, 1.807) is 0 Å². The molecule has 0 bridgehead atoms. The van der Waals surface area contributed by atoms with Gasteiger partial charge in [0.25, 0.3) is 0 Å². The lowest BCUT2D eigenvalue weighted by Crippen LogP contribution is -2.53. The summed E-state index contributed by atoms with van der Waals surface area (Å²) < 4.78 is 26.4. The molecular weight excluding hydrogens is 705 g/mol. The molecule has 0 saturated carbocycles. The zero-order valence-corrected chi connectivity index (χ0v) is 35.4. The number of hydrogen-bond donors (Lipinski definition) is 0. The zero-order chi connectivity index (χ0) is 38.4. The summed E-state index contributed by atoms with van der Waals surface area (Å²) in [4.78, 5) is 19.6. The summed E-state index contributed by atoms with van der Waals surface area (Å²) in [6.45, 7) is 16.5. The van der Waals surface area contributed by atoms with Crippen LogP contribution in [0.1, 0.15) is 22.3 Å². The van der Waals surface area contributed by atoms with E-state index in [0.29, 0.717) is 39.1 Å². The number of hydrogen-bond acceptors (Lipinski definition) is 5. The average Bonchev–Trinajstić information content (AvgIpc) is 3.22. The van der Waals surface area contributed by atoms with Crippen LogP contribution in [0, 0.1) is 0 Å². The van der Waals surface area contributed by atoms with Crippen molar-refractivity contribution in [2.75, 3.05) is 26.8 Å². The summed E-state index contributed by atoms with van der Waals surface area (Å²) in [5.74, 6) is 0. The molecule has 7 nitrogen and oxygen atoms in total. The van der Waals surface area contributed by atoms with Crippen LogP contribution in [0.3, 0.4) is 0 Å². The first kappa shape index (κ1) is 41.6. The molecule has 1 aliphatic heterocycles. The number of rotatable bonds is 20. The smallest absolute Gasteiger partial charge is 0.321 e. The Bertz CT molecular complexity index is 1530. The first-order chi connectivity index (χ1) is 26.0. The van der Waals surface area contributed by atoms with Crippen LogP contribution in [0.25, 0.3) is 0 Å². The van der Waals surface area contributed by atoms with E-state index in [1.807, 2.05) is 58.3 Å². The molecule has 0 aromatic heterocycles. The zero-order valence-electron chi connectivity index (χ0n) is 33.4. The third-order valence-electron chi connectivity index (χ3n) is 10.0. The fourth-order valence-electron chi connectivity index (χ4n) is 6.87. The van der Waals surface area contributed by atoms with E-state index in [4.69, 9.17) is 18.9 Å². The van der Waals surface area contributed by atoms with Gasteiger partial charge in [-0.3, -0.25) is 0 Å². The number of nitrogens with zero attached hydrogens (tertiary/aromatic N) is 2. The van der Waals surface area contributed by atoms with Crippen molar-refractivity contribution < 1.29 is 23.7 Å². The van der Waals surface area contributed by atoms with Gasteiger partial charge in [0.1, 0.15) is 25.8 Å². The maximum absolute atomic E-state index is 15.5.